The van der Waals surface area contributed by atoms with Crippen LogP contribution in [0.2, 0.25) is 0 Å². The Morgan fingerprint density at radius 2 is 2.24 bits per heavy atom. The molecule has 2 heterocycles. The first-order chi connectivity index (χ1) is 10.3. The first-order valence-electron chi connectivity index (χ1n) is 6.41. The zero-order chi connectivity index (χ0) is 14.7. The van der Waals surface area contributed by atoms with Gasteiger partial charge in [0.05, 0.1) is 12.8 Å². The van der Waals surface area contributed by atoms with Crippen LogP contribution in [0.4, 0.5) is 0 Å². The number of methoxy groups -OCH3 is 1. The van der Waals surface area contributed by atoms with Gasteiger partial charge in [-0.3, -0.25) is 0 Å². The lowest BCUT2D eigenvalue weighted by molar-refractivity contribution is 0.295. The highest BCUT2D eigenvalue weighted by Gasteiger charge is 2.20. The number of nitrogens with zero attached hydrogens (tertiary/aromatic N) is 2. The van der Waals surface area contributed by atoms with E-state index in [4.69, 9.17) is 19.4 Å². The fourth-order valence-corrected chi connectivity index (χ4v) is 2.07. The van der Waals surface area contributed by atoms with Crippen LogP contribution in [0.5, 0.6) is 17.4 Å². The molecule has 0 saturated heterocycles. The van der Waals surface area contributed by atoms with Crippen molar-refractivity contribution in [2.45, 2.75) is 6.61 Å². The van der Waals surface area contributed by atoms with Gasteiger partial charge in [0.25, 0.3) is 0 Å². The Morgan fingerprint density at radius 1 is 1.33 bits per heavy atom. The van der Waals surface area contributed by atoms with Gasteiger partial charge in [-0.15, -0.1) is 0 Å². The van der Waals surface area contributed by atoms with E-state index in [9.17, 15) is 0 Å². The Bertz CT molecular complexity index is 685. The molecule has 2 aromatic rings. The molecule has 21 heavy (non-hydrogen) atoms. The third kappa shape index (κ3) is 2.74. The number of aromatic nitrogens is 1. The van der Waals surface area contributed by atoms with Crippen LogP contribution < -0.4 is 14.2 Å². The van der Waals surface area contributed by atoms with Crippen LogP contribution in [0.1, 0.15) is 11.3 Å². The third-order valence-corrected chi connectivity index (χ3v) is 3.13. The van der Waals surface area contributed by atoms with Gasteiger partial charge in [0.2, 0.25) is 5.88 Å². The Hall–Kier alpha value is -2.76. The normalized spacial score (nSPS) is 14.6. The van der Waals surface area contributed by atoms with Gasteiger partial charge in [0, 0.05) is 17.7 Å². The Labute approximate surface area is 121 Å². The molecule has 0 amide bonds. The summed E-state index contributed by atoms with van der Waals surface area (Å²) in [4.78, 5) is 4.27. The predicted octanol–water partition coefficient (Wildman–Crippen LogP) is 2.24. The second kappa shape index (κ2) is 5.70. The topological polar surface area (TPSA) is 73.2 Å². The van der Waals surface area contributed by atoms with E-state index in [2.05, 4.69) is 10.1 Å². The molecule has 1 aliphatic heterocycles. The summed E-state index contributed by atoms with van der Waals surface area (Å²) in [5.74, 6) is 1.87. The number of benzene rings is 1. The van der Waals surface area contributed by atoms with Gasteiger partial charge in [-0.25, -0.2) is 4.98 Å². The van der Waals surface area contributed by atoms with E-state index in [-0.39, 0.29) is 6.61 Å². The molecule has 0 atom stereocenters. The highest BCUT2D eigenvalue weighted by atomic mass is 16.5. The van der Waals surface area contributed by atoms with Crippen LogP contribution in [0.25, 0.3) is 0 Å². The molecular weight excluding hydrogens is 272 g/mol. The van der Waals surface area contributed by atoms with Gasteiger partial charge >= 0.3 is 0 Å². The van der Waals surface area contributed by atoms with Gasteiger partial charge in [0.15, 0.2) is 0 Å². The Morgan fingerprint density at radius 3 is 3.05 bits per heavy atom. The molecule has 0 fully saturated rings. The molecule has 6 heteroatoms. The second-order valence-electron chi connectivity index (χ2n) is 4.45. The fraction of sp³-hybridized carbons (Fsp3) is 0.200. The summed E-state index contributed by atoms with van der Waals surface area (Å²) >= 11 is 0. The summed E-state index contributed by atoms with van der Waals surface area (Å²) in [5.41, 5.74) is 2.07. The van der Waals surface area contributed by atoms with Crippen molar-refractivity contribution >= 4 is 5.71 Å². The minimum Gasteiger partial charge on any atom is -0.487 e. The van der Waals surface area contributed by atoms with E-state index >= 15 is 0 Å². The third-order valence-electron chi connectivity index (χ3n) is 3.13. The molecule has 1 N–H and O–H groups in total. The number of hydrogen-bond donors (Lipinski definition) is 1. The molecule has 0 radical (unpaired) electrons. The predicted molar refractivity (Wildman–Crippen MR) is 75.4 cm³/mol. The molecule has 0 spiro atoms. The minimum atomic E-state index is 0.271. The highest BCUT2D eigenvalue weighted by Crippen LogP contribution is 2.30. The molecule has 0 saturated carbocycles. The monoisotopic (exact) mass is 286 g/mol. The lowest BCUT2D eigenvalue weighted by Crippen LogP contribution is -2.01. The van der Waals surface area contributed by atoms with Crippen LogP contribution in [0.3, 0.4) is 0 Å². The number of ether oxygens (including phenoxy) is 3. The molecule has 3 rings (SSSR count). The van der Waals surface area contributed by atoms with Crippen molar-refractivity contribution in [2.75, 3.05) is 13.7 Å². The minimum absolute atomic E-state index is 0.271. The molecule has 1 aromatic carbocycles. The van der Waals surface area contributed by atoms with E-state index in [0.717, 1.165) is 11.3 Å². The smallest absolute Gasteiger partial charge is 0.213 e. The van der Waals surface area contributed by atoms with E-state index in [0.29, 0.717) is 29.7 Å². The van der Waals surface area contributed by atoms with E-state index < -0.39 is 0 Å². The van der Waals surface area contributed by atoms with Crippen LogP contribution in [-0.4, -0.2) is 29.6 Å². The standard InChI is InChI=1S/C15H14N2O4/c1-19-15-4-2-3-10(16-15)8-20-11-5-6-12-13(17-18)9-21-14(12)7-11/h2-7,18H,8-9H2,1H3. The zero-order valence-electron chi connectivity index (χ0n) is 11.4. The first kappa shape index (κ1) is 13.2. The van der Waals surface area contributed by atoms with Crippen molar-refractivity contribution in [1.29, 1.82) is 0 Å². The van der Waals surface area contributed by atoms with Gasteiger partial charge in [-0.2, -0.15) is 0 Å². The average Bonchev–Trinajstić information content (AvgIpc) is 2.95. The molecular formula is C15H14N2O4. The number of rotatable bonds is 4. The maximum atomic E-state index is 8.84. The zero-order valence-corrected chi connectivity index (χ0v) is 11.4. The van der Waals surface area contributed by atoms with Gasteiger partial charge < -0.3 is 19.4 Å². The van der Waals surface area contributed by atoms with Crippen LogP contribution in [-0.2, 0) is 6.61 Å². The lowest BCUT2D eigenvalue weighted by atomic mass is 10.1. The number of oxime groups is 1. The SMILES string of the molecule is COc1cccc(COc2ccc3c(c2)OCC3=NO)n1. The van der Waals surface area contributed by atoms with E-state index in [1.54, 1.807) is 25.3 Å². The summed E-state index contributed by atoms with van der Waals surface area (Å²) < 4.78 is 16.2. The molecule has 0 aliphatic carbocycles. The molecule has 1 aromatic heterocycles. The average molecular weight is 286 g/mol. The van der Waals surface area contributed by atoms with Crippen molar-refractivity contribution in [2.24, 2.45) is 5.16 Å². The van der Waals surface area contributed by atoms with Crippen molar-refractivity contribution in [3.63, 3.8) is 0 Å². The van der Waals surface area contributed by atoms with Gasteiger partial charge in [-0.05, 0) is 18.2 Å². The lowest BCUT2D eigenvalue weighted by Gasteiger charge is -2.08. The highest BCUT2D eigenvalue weighted by molar-refractivity contribution is 6.05. The number of pyridine rings is 1. The summed E-state index contributed by atoms with van der Waals surface area (Å²) in [6, 6.07) is 10.9. The summed E-state index contributed by atoms with van der Waals surface area (Å²) in [5, 5.41) is 12.0. The molecule has 1 aliphatic rings. The van der Waals surface area contributed by atoms with Crippen LogP contribution in [0.15, 0.2) is 41.6 Å². The Kier molecular flexibility index (Phi) is 3.59. The number of fused-ring (bicyclic) bond motifs is 1. The molecule has 108 valence electrons. The fourth-order valence-electron chi connectivity index (χ4n) is 2.07. The van der Waals surface area contributed by atoms with Crippen LogP contribution >= 0.6 is 0 Å². The van der Waals surface area contributed by atoms with Gasteiger partial charge in [-0.1, -0.05) is 11.2 Å². The van der Waals surface area contributed by atoms with Crippen molar-refractivity contribution in [1.82, 2.24) is 4.98 Å². The summed E-state index contributed by atoms with van der Waals surface area (Å²) in [6.45, 7) is 0.601. The number of hydrogen-bond acceptors (Lipinski definition) is 6. The largest absolute Gasteiger partial charge is 0.487 e. The maximum absolute atomic E-state index is 8.84. The summed E-state index contributed by atoms with van der Waals surface area (Å²) in [6.07, 6.45) is 0. The van der Waals surface area contributed by atoms with Crippen molar-refractivity contribution in [3.8, 4) is 17.4 Å². The van der Waals surface area contributed by atoms with E-state index in [1.807, 2.05) is 18.2 Å². The van der Waals surface area contributed by atoms with E-state index in [1.165, 1.54) is 0 Å². The quantitative estimate of drug-likeness (QED) is 0.689. The molecule has 6 nitrogen and oxygen atoms in total. The second-order valence-corrected chi connectivity index (χ2v) is 4.45. The Balaban J connectivity index is 1.71. The molecule has 0 bridgehead atoms. The maximum Gasteiger partial charge on any atom is 0.213 e. The first-order valence-corrected chi connectivity index (χ1v) is 6.41. The van der Waals surface area contributed by atoms with Crippen LogP contribution in [0, 0.1) is 0 Å². The molecule has 0 unspecified atom stereocenters. The van der Waals surface area contributed by atoms with Crippen molar-refractivity contribution in [3.05, 3.63) is 47.7 Å². The van der Waals surface area contributed by atoms with Gasteiger partial charge in [0.1, 0.15) is 30.4 Å². The summed E-state index contributed by atoms with van der Waals surface area (Å²) in [7, 11) is 1.57. The van der Waals surface area contributed by atoms with Crippen molar-refractivity contribution < 1.29 is 19.4 Å².